The maximum Gasteiger partial charge on any atom is 0.122 e. The van der Waals surface area contributed by atoms with Crippen molar-refractivity contribution in [2.45, 2.75) is 26.2 Å². The third-order valence-electron chi connectivity index (χ3n) is 4.60. The van der Waals surface area contributed by atoms with Crippen molar-refractivity contribution in [2.75, 3.05) is 6.54 Å². The molecule has 1 aliphatic heterocycles. The summed E-state index contributed by atoms with van der Waals surface area (Å²) in [6, 6.07) is 12.0. The zero-order valence-corrected chi connectivity index (χ0v) is 14.0. The molecule has 0 amide bonds. The monoisotopic (exact) mass is 332 g/mol. The summed E-state index contributed by atoms with van der Waals surface area (Å²) < 4.78 is 4.25. The van der Waals surface area contributed by atoms with Crippen molar-refractivity contribution in [3.8, 4) is 6.07 Å². The average Bonchev–Trinajstić information content (AvgIpc) is 3.25. The molecule has 6 heteroatoms. The maximum atomic E-state index is 9.11. The zero-order valence-electron chi connectivity index (χ0n) is 14.0. The lowest BCUT2D eigenvalue weighted by molar-refractivity contribution is 0.205. The van der Waals surface area contributed by atoms with Crippen molar-refractivity contribution in [1.29, 1.82) is 5.26 Å². The van der Waals surface area contributed by atoms with Gasteiger partial charge in [-0.2, -0.15) is 10.4 Å². The Morgan fingerprint density at radius 3 is 2.96 bits per heavy atom. The van der Waals surface area contributed by atoms with E-state index in [-0.39, 0.29) is 0 Å². The number of imidazole rings is 1. The second-order valence-corrected chi connectivity index (χ2v) is 6.57. The normalized spacial score (nSPS) is 17.6. The van der Waals surface area contributed by atoms with Crippen LogP contribution in [-0.4, -0.2) is 30.8 Å². The molecule has 3 heterocycles. The van der Waals surface area contributed by atoms with Crippen molar-refractivity contribution in [1.82, 2.24) is 24.2 Å². The Balaban J connectivity index is 1.55. The molecule has 25 heavy (non-hydrogen) atoms. The molecule has 0 aliphatic carbocycles. The summed E-state index contributed by atoms with van der Waals surface area (Å²) in [5.41, 5.74) is 1.87. The highest BCUT2D eigenvalue weighted by molar-refractivity contribution is 5.32. The van der Waals surface area contributed by atoms with E-state index < -0.39 is 0 Å². The largest absolute Gasteiger partial charge is 0.333 e. The summed E-state index contributed by atoms with van der Waals surface area (Å²) in [6.07, 6.45) is 7.77. The first-order chi connectivity index (χ1) is 12.3. The standard InChI is InChI=1S/C19H20N6/c20-10-16-3-1-4-17(9-16)11-23-12-18(14-25-7-2-5-22-25)13-24-8-6-21-19(24)15-23/h1-9,18H,11-15H2/t18-/m1/s1. The fourth-order valence-corrected chi connectivity index (χ4v) is 3.53. The zero-order chi connectivity index (χ0) is 17.1. The first kappa shape index (κ1) is 15.6. The van der Waals surface area contributed by atoms with Gasteiger partial charge < -0.3 is 4.57 Å². The van der Waals surface area contributed by atoms with Crippen LogP contribution in [0.3, 0.4) is 0 Å². The number of hydrogen-bond acceptors (Lipinski definition) is 4. The number of nitrogens with zero attached hydrogens (tertiary/aromatic N) is 6. The van der Waals surface area contributed by atoms with Crippen molar-refractivity contribution >= 4 is 0 Å². The van der Waals surface area contributed by atoms with E-state index >= 15 is 0 Å². The van der Waals surface area contributed by atoms with Crippen molar-refractivity contribution < 1.29 is 0 Å². The summed E-state index contributed by atoms with van der Waals surface area (Å²) in [6.45, 7) is 4.45. The molecule has 4 rings (SSSR count). The number of rotatable bonds is 4. The predicted molar refractivity (Wildman–Crippen MR) is 93.2 cm³/mol. The summed E-state index contributed by atoms with van der Waals surface area (Å²) in [5.74, 6) is 1.55. The van der Waals surface area contributed by atoms with Crippen molar-refractivity contribution in [3.05, 3.63) is 72.1 Å². The number of hydrogen-bond donors (Lipinski definition) is 0. The first-order valence-corrected chi connectivity index (χ1v) is 8.49. The SMILES string of the molecule is N#Cc1cccc(CN2Cc3nccn3C[C@H](Cn3cccn3)C2)c1. The van der Waals surface area contributed by atoms with Gasteiger partial charge in [-0.15, -0.1) is 0 Å². The Hall–Kier alpha value is -2.91. The van der Waals surface area contributed by atoms with Gasteiger partial charge in [0, 0.05) is 56.9 Å². The highest BCUT2D eigenvalue weighted by atomic mass is 15.3. The molecule has 3 aromatic rings. The van der Waals surface area contributed by atoms with E-state index in [1.807, 2.05) is 47.5 Å². The van der Waals surface area contributed by atoms with E-state index in [1.165, 1.54) is 0 Å². The Kier molecular flexibility index (Phi) is 4.32. The number of aromatic nitrogens is 4. The Morgan fingerprint density at radius 1 is 1.16 bits per heavy atom. The van der Waals surface area contributed by atoms with Crippen molar-refractivity contribution in [3.63, 3.8) is 0 Å². The maximum absolute atomic E-state index is 9.11. The minimum atomic E-state index is 0.453. The quantitative estimate of drug-likeness (QED) is 0.735. The van der Waals surface area contributed by atoms with Crippen LogP contribution >= 0.6 is 0 Å². The topological polar surface area (TPSA) is 62.7 Å². The summed E-state index contributed by atoms with van der Waals surface area (Å²) in [7, 11) is 0. The van der Waals surface area contributed by atoms with Gasteiger partial charge in [-0.1, -0.05) is 12.1 Å². The average molecular weight is 332 g/mol. The fraction of sp³-hybridized carbons (Fsp3) is 0.316. The molecule has 2 aromatic heterocycles. The lowest BCUT2D eigenvalue weighted by Gasteiger charge is -2.24. The molecule has 0 N–H and O–H groups in total. The highest BCUT2D eigenvalue weighted by Gasteiger charge is 2.23. The van der Waals surface area contributed by atoms with Gasteiger partial charge in [-0.25, -0.2) is 4.98 Å². The molecule has 0 saturated carbocycles. The lowest BCUT2D eigenvalue weighted by Crippen LogP contribution is -2.30. The Morgan fingerprint density at radius 2 is 2.12 bits per heavy atom. The van der Waals surface area contributed by atoms with Gasteiger partial charge >= 0.3 is 0 Å². The predicted octanol–water partition coefficient (Wildman–Crippen LogP) is 2.28. The third-order valence-corrected chi connectivity index (χ3v) is 4.60. The van der Waals surface area contributed by atoms with Crippen LogP contribution in [0.1, 0.15) is 17.0 Å². The molecule has 1 atom stereocenters. The van der Waals surface area contributed by atoms with Crippen LogP contribution in [0.5, 0.6) is 0 Å². The second kappa shape index (κ2) is 6.91. The molecule has 1 aromatic carbocycles. The minimum absolute atomic E-state index is 0.453. The van der Waals surface area contributed by atoms with Crippen LogP contribution in [0.25, 0.3) is 0 Å². The molecule has 0 unspecified atom stereocenters. The van der Waals surface area contributed by atoms with E-state index in [9.17, 15) is 0 Å². The van der Waals surface area contributed by atoms with E-state index in [0.717, 1.165) is 44.1 Å². The number of nitriles is 1. The first-order valence-electron chi connectivity index (χ1n) is 8.49. The van der Waals surface area contributed by atoms with E-state index in [2.05, 4.69) is 37.9 Å². The van der Waals surface area contributed by atoms with Crippen molar-refractivity contribution in [2.24, 2.45) is 5.92 Å². The van der Waals surface area contributed by atoms with Crippen LogP contribution < -0.4 is 0 Å². The van der Waals surface area contributed by atoms with Crippen LogP contribution in [0.4, 0.5) is 0 Å². The van der Waals surface area contributed by atoms with Crippen LogP contribution in [0, 0.1) is 17.2 Å². The summed E-state index contributed by atoms with van der Waals surface area (Å²) in [5, 5.41) is 13.5. The molecule has 0 saturated heterocycles. The minimum Gasteiger partial charge on any atom is -0.333 e. The lowest BCUT2D eigenvalue weighted by atomic mass is 10.1. The highest BCUT2D eigenvalue weighted by Crippen LogP contribution is 2.19. The van der Waals surface area contributed by atoms with E-state index in [4.69, 9.17) is 5.26 Å². The second-order valence-electron chi connectivity index (χ2n) is 6.57. The van der Waals surface area contributed by atoms with Gasteiger partial charge in [-0.05, 0) is 23.8 Å². The summed E-state index contributed by atoms with van der Waals surface area (Å²) >= 11 is 0. The van der Waals surface area contributed by atoms with Gasteiger partial charge in [0.25, 0.3) is 0 Å². The molecule has 6 nitrogen and oxygen atoms in total. The molecule has 0 bridgehead atoms. The molecule has 126 valence electrons. The third kappa shape index (κ3) is 3.62. The molecule has 0 spiro atoms. The molecule has 0 radical (unpaired) electrons. The smallest absolute Gasteiger partial charge is 0.122 e. The summed E-state index contributed by atoms with van der Waals surface area (Å²) in [4.78, 5) is 6.93. The van der Waals surface area contributed by atoms with Crippen LogP contribution in [0.15, 0.2) is 55.1 Å². The van der Waals surface area contributed by atoms with Gasteiger partial charge in [0.05, 0.1) is 18.2 Å². The van der Waals surface area contributed by atoms with E-state index in [1.54, 1.807) is 0 Å². The Bertz CT molecular complexity index is 873. The molecule has 1 aliphatic rings. The molecular weight excluding hydrogens is 312 g/mol. The fourth-order valence-electron chi connectivity index (χ4n) is 3.53. The molecule has 0 fully saturated rings. The van der Waals surface area contributed by atoms with Gasteiger partial charge in [0.15, 0.2) is 0 Å². The Labute approximate surface area is 146 Å². The van der Waals surface area contributed by atoms with Crippen LogP contribution in [0.2, 0.25) is 0 Å². The van der Waals surface area contributed by atoms with Crippen LogP contribution in [-0.2, 0) is 26.2 Å². The van der Waals surface area contributed by atoms with Gasteiger partial charge in [0.1, 0.15) is 5.82 Å². The molecular formula is C19H20N6. The van der Waals surface area contributed by atoms with Gasteiger partial charge in [0.2, 0.25) is 0 Å². The number of benzene rings is 1. The van der Waals surface area contributed by atoms with E-state index in [0.29, 0.717) is 11.5 Å². The van der Waals surface area contributed by atoms with Gasteiger partial charge in [-0.3, -0.25) is 9.58 Å². The number of fused-ring (bicyclic) bond motifs is 1.